The number of ether oxygens (including phenoxy) is 1. The second kappa shape index (κ2) is 6.78. The van der Waals surface area contributed by atoms with Crippen LogP contribution in [0.2, 0.25) is 0 Å². The molecule has 1 aromatic heterocycles. The van der Waals surface area contributed by atoms with Crippen molar-refractivity contribution in [3.05, 3.63) is 41.4 Å². The van der Waals surface area contributed by atoms with E-state index < -0.39 is 0 Å². The molecular formula is C16H17N3O3S. The summed E-state index contributed by atoms with van der Waals surface area (Å²) in [6.45, 7) is 0.859. The largest absolute Gasteiger partial charge is 0.496 e. The summed E-state index contributed by atoms with van der Waals surface area (Å²) in [5.41, 5.74) is 0.935. The molecule has 1 N–H and O–H groups in total. The number of amides is 2. The first-order valence-electron chi connectivity index (χ1n) is 7.27. The fraction of sp³-hybridized carbons (Fsp3) is 0.312. The predicted octanol–water partition coefficient (Wildman–Crippen LogP) is 2.14. The van der Waals surface area contributed by atoms with Crippen LogP contribution in [0.4, 0.5) is 5.13 Å². The zero-order valence-electron chi connectivity index (χ0n) is 12.7. The minimum Gasteiger partial charge on any atom is -0.496 e. The summed E-state index contributed by atoms with van der Waals surface area (Å²) in [6, 6.07) is 7.58. The van der Waals surface area contributed by atoms with Gasteiger partial charge in [0, 0.05) is 36.7 Å². The Balaban J connectivity index is 1.64. The molecular weight excluding hydrogens is 314 g/mol. The van der Waals surface area contributed by atoms with Crippen molar-refractivity contribution in [1.29, 1.82) is 0 Å². The van der Waals surface area contributed by atoms with Crippen molar-refractivity contribution in [2.75, 3.05) is 19.0 Å². The third-order valence-electron chi connectivity index (χ3n) is 3.80. The summed E-state index contributed by atoms with van der Waals surface area (Å²) in [7, 11) is 1.61. The molecule has 1 aromatic carbocycles. The zero-order chi connectivity index (χ0) is 16.2. The molecule has 6 nitrogen and oxygen atoms in total. The first-order chi connectivity index (χ1) is 11.2. The molecule has 0 radical (unpaired) electrons. The molecule has 1 atom stereocenters. The van der Waals surface area contributed by atoms with Gasteiger partial charge in [0.15, 0.2) is 5.13 Å². The molecule has 1 aliphatic heterocycles. The molecule has 1 fully saturated rings. The second-order valence-electron chi connectivity index (χ2n) is 5.31. The first kappa shape index (κ1) is 15.5. The molecule has 23 heavy (non-hydrogen) atoms. The Kier molecular flexibility index (Phi) is 4.57. The molecule has 1 saturated heterocycles. The maximum atomic E-state index is 12.2. The van der Waals surface area contributed by atoms with E-state index in [-0.39, 0.29) is 24.2 Å². The molecule has 2 aromatic rings. The molecule has 2 heterocycles. The number of methoxy groups -OCH3 is 1. The van der Waals surface area contributed by atoms with E-state index in [2.05, 4.69) is 10.3 Å². The Morgan fingerprint density at radius 1 is 1.48 bits per heavy atom. The lowest BCUT2D eigenvalue weighted by Crippen LogP contribution is -2.28. The number of para-hydroxylation sites is 1. The normalized spacial score (nSPS) is 17.3. The van der Waals surface area contributed by atoms with Crippen LogP contribution in [0.15, 0.2) is 35.8 Å². The summed E-state index contributed by atoms with van der Waals surface area (Å²) in [6.07, 6.45) is 1.86. The van der Waals surface area contributed by atoms with Gasteiger partial charge < -0.3 is 15.0 Å². The third kappa shape index (κ3) is 3.50. The first-order valence-corrected chi connectivity index (χ1v) is 8.15. The smallest absolute Gasteiger partial charge is 0.231 e. The van der Waals surface area contributed by atoms with E-state index >= 15 is 0 Å². The second-order valence-corrected chi connectivity index (χ2v) is 6.21. The average Bonchev–Trinajstić information content (AvgIpc) is 3.18. The van der Waals surface area contributed by atoms with Crippen LogP contribution in [0.3, 0.4) is 0 Å². The number of likely N-dealkylation sites (tertiary alicyclic amines) is 1. The highest BCUT2D eigenvalue weighted by molar-refractivity contribution is 7.13. The number of hydrogen-bond donors (Lipinski definition) is 1. The van der Waals surface area contributed by atoms with Crippen molar-refractivity contribution in [1.82, 2.24) is 9.88 Å². The monoisotopic (exact) mass is 331 g/mol. The van der Waals surface area contributed by atoms with Crippen molar-refractivity contribution in [3.63, 3.8) is 0 Å². The lowest BCUT2D eigenvalue weighted by molar-refractivity contribution is -0.128. The van der Waals surface area contributed by atoms with E-state index in [0.717, 1.165) is 11.3 Å². The van der Waals surface area contributed by atoms with Crippen LogP contribution in [0, 0.1) is 5.92 Å². The molecule has 0 aliphatic carbocycles. The molecule has 0 saturated carbocycles. The Morgan fingerprint density at radius 2 is 2.30 bits per heavy atom. The van der Waals surface area contributed by atoms with Crippen molar-refractivity contribution in [2.24, 2.45) is 5.92 Å². The minimum atomic E-state index is -0.346. The molecule has 0 spiro atoms. The molecule has 0 bridgehead atoms. The Bertz CT molecular complexity index is 702. The van der Waals surface area contributed by atoms with Gasteiger partial charge in [0.05, 0.1) is 13.0 Å². The van der Waals surface area contributed by atoms with Crippen LogP contribution in [0.1, 0.15) is 12.0 Å². The van der Waals surface area contributed by atoms with Gasteiger partial charge in [0.2, 0.25) is 11.8 Å². The minimum absolute atomic E-state index is 0.0183. The fourth-order valence-corrected chi connectivity index (χ4v) is 3.16. The Morgan fingerprint density at radius 3 is 3.04 bits per heavy atom. The lowest BCUT2D eigenvalue weighted by Gasteiger charge is -2.18. The molecule has 1 aliphatic rings. The van der Waals surface area contributed by atoms with E-state index in [1.54, 1.807) is 23.6 Å². The standard InChI is InChI=1S/C16H17N3O3S/c1-22-13-5-3-2-4-11(13)9-19-10-12(8-14(19)20)15(21)18-16-17-6-7-23-16/h2-7,12H,8-10H2,1H3,(H,17,18,21)/t12-/m0/s1. The van der Waals surface area contributed by atoms with Gasteiger partial charge in [-0.3, -0.25) is 9.59 Å². The number of rotatable bonds is 5. The van der Waals surface area contributed by atoms with Crippen LogP contribution in [-0.2, 0) is 16.1 Å². The van der Waals surface area contributed by atoms with Crippen LogP contribution < -0.4 is 10.1 Å². The number of thiazole rings is 1. The summed E-state index contributed by atoms with van der Waals surface area (Å²) < 4.78 is 5.31. The fourth-order valence-electron chi connectivity index (χ4n) is 2.63. The summed E-state index contributed by atoms with van der Waals surface area (Å²) in [4.78, 5) is 30.1. The molecule has 7 heteroatoms. The summed E-state index contributed by atoms with van der Waals surface area (Å²) in [5, 5.41) is 5.11. The number of benzene rings is 1. The topological polar surface area (TPSA) is 71.5 Å². The van der Waals surface area contributed by atoms with Crippen molar-refractivity contribution in [3.8, 4) is 5.75 Å². The van der Waals surface area contributed by atoms with E-state index in [9.17, 15) is 9.59 Å². The van der Waals surface area contributed by atoms with Gasteiger partial charge in [-0.25, -0.2) is 4.98 Å². The number of aromatic nitrogens is 1. The number of carbonyl (C=O) groups is 2. The zero-order valence-corrected chi connectivity index (χ0v) is 13.5. The van der Waals surface area contributed by atoms with Gasteiger partial charge in [-0.05, 0) is 6.07 Å². The van der Waals surface area contributed by atoms with Gasteiger partial charge in [0.25, 0.3) is 0 Å². The van der Waals surface area contributed by atoms with Gasteiger partial charge in [-0.15, -0.1) is 11.3 Å². The SMILES string of the molecule is COc1ccccc1CN1C[C@@H](C(=O)Nc2nccs2)CC1=O. The molecule has 3 rings (SSSR count). The average molecular weight is 331 g/mol. The van der Waals surface area contributed by atoms with Gasteiger partial charge in [-0.1, -0.05) is 18.2 Å². The van der Waals surface area contributed by atoms with Gasteiger partial charge in [-0.2, -0.15) is 0 Å². The highest BCUT2D eigenvalue weighted by Crippen LogP contribution is 2.25. The summed E-state index contributed by atoms with van der Waals surface area (Å²) >= 11 is 1.36. The molecule has 2 amide bonds. The number of hydrogen-bond acceptors (Lipinski definition) is 5. The number of anilines is 1. The van der Waals surface area contributed by atoms with Crippen molar-refractivity contribution >= 4 is 28.3 Å². The predicted molar refractivity (Wildman–Crippen MR) is 87.3 cm³/mol. The lowest BCUT2D eigenvalue weighted by atomic mass is 10.1. The Labute approximate surface area is 138 Å². The van der Waals surface area contributed by atoms with Gasteiger partial charge >= 0.3 is 0 Å². The van der Waals surface area contributed by atoms with Crippen molar-refractivity contribution < 1.29 is 14.3 Å². The number of nitrogens with one attached hydrogen (secondary N) is 1. The summed E-state index contributed by atoms with van der Waals surface area (Å²) in [5.74, 6) is 0.225. The van der Waals surface area contributed by atoms with Crippen LogP contribution in [-0.4, -0.2) is 35.4 Å². The van der Waals surface area contributed by atoms with E-state index in [0.29, 0.717) is 18.2 Å². The van der Waals surface area contributed by atoms with Gasteiger partial charge in [0.1, 0.15) is 5.75 Å². The van der Waals surface area contributed by atoms with Crippen LogP contribution >= 0.6 is 11.3 Å². The highest BCUT2D eigenvalue weighted by Gasteiger charge is 2.34. The van der Waals surface area contributed by atoms with Crippen molar-refractivity contribution in [2.45, 2.75) is 13.0 Å². The molecule has 0 unspecified atom stereocenters. The maximum Gasteiger partial charge on any atom is 0.231 e. The number of nitrogens with zero attached hydrogens (tertiary/aromatic N) is 2. The van der Waals surface area contributed by atoms with Crippen LogP contribution in [0.5, 0.6) is 5.75 Å². The van der Waals surface area contributed by atoms with E-state index in [4.69, 9.17) is 4.74 Å². The Hall–Kier alpha value is -2.41. The maximum absolute atomic E-state index is 12.2. The van der Waals surface area contributed by atoms with E-state index in [1.165, 1.54) is 11.3 Å². The van der Waals surface area contributed by atoms with E-state index in [1.807, 2.05) is 24.3 Å². The molecule has 120 valence electrons. The number of carbonyl (C=O) groups excluding carboxylic acids is 2. The quantitative estimate of drug-likeness (QED) is 0.911. The third-order valence-corrected chi connectivity index (χ3v) is 4.49. The van der Waals surface area contributed by atoms with Crippen LogP contribution in [0.25, 0.3) is 0 Å². The highest BCUT2D eigenvalue weighted by atomic mass is 32.1.